The number of piperidine rings is 1. The van der Waals surface area contributed by atoms with Gasteiger partial charge in [-0.25, -0.2) is 14.4 Å². The molecule has 2 aliphatic heterocycles. The smallest absolute Gasteiger partial charge is 0.251 e. The maximum absolute atomic E-state index is 14.9. The van der Waals surface area contributed by atoms with Crippen LogP contribution in [-0.2, 0) is 11.2 Å². The highest BCUT2D eigenvalue weighted by molar-refractivity contribution is 5.96. The third-order valence-electron chi connectivity index (χ3n) is 10.1. The fraction of sp³-hybridized carbons (Fsp3) is 0.459. The zero-order chi connectivity index (χ0) is 35.3. The minimum atomic E-state index is -1.07. The van der Waals surface area contributed by atoms with Gasteiger partial charge in [0.25, 0.3) is 5.91 Å². The van der Waals surface area contributed by atoms with Gasteiger partial charge in [-0.15, -0.1) is 0 Å². The zero-order valence-corrected chi connectivity index (χ0v) is 29.0. The van der Waals surface area contributed by atoms with Crippen LogP contribution < -0.4 is 26.0 Å². The van der Waals surface area contributed by atoms with Gasteiger partial charge in [-0.1, -0.05) is 6.92 Å². The van der Waals surface area contributed by atoms with Gasteiger partial charge in [0.2, 0.25) is 11.7 Å². The number of fused-ring (bicyclic) bond motifs is 1. The SMILES string of the molecule is CCc1cc(Nc2nccn3c(-c4ccc(OC)c(F)c4F)cnc23)ccc1C(=O)NCCCNC(=O)CC1CC[N+](C)(CC2CNC2)CC1. The van der Waals surface area contributed by atoms with Crippen LogP contribution in [0.15, 0.2) is 48.9 Å². The number of nitrogens with one attached hydrogen (secondary N) is 4. The van der Waals surface area contributed by atoms with Crippen LogP contribution in [0.25, 0.3) is 16.9 Å². The number of quaternary nitrogens is 1. The zero-order valence-electron chi connectivity index (χ0n) is 29.0. The average Bonchev–Trinajstić information content (AvgIpc) is 3.53. The number of amides is 2. The molecule has 13 heteroatoms. The molecule has 0 bridgehead atoms. The number of likely N-dealkylation sites (tertiary alicyclic amines) is 1. The summed E-state index contributed by atoms with van der Waals surface area (Å²) in [6, 6.07) is 8.26. The molecule has 2 saturated heterocycles. The van der Waals surface area contributed by atoms with Gasteiger partial charge in [-0.3, -0.25) is 14.0 Å². The van der Waals surface area contributed by atoms with Gasteiger partial charge < -0.3 is 30.5 Å². The molecule has 0 unspecified atom stereocenters. The third kappa shape index (κ3) is 7.89. The first-order valence-corrected chi connectivity index (χ1v) is 17.5. The van der Waals surface area contributed by atoms with Crippen LogP contribution in [0.2, 0.25) is 0 Å². The van der Waals surface area contributed by atoms with Gasteiger partial charge in [0.05, 0.1) is 45.7 Å². The molecule has 0 spiro atoms. The number of hydrogen-bond acceptors (Lipinski definition) is 7. The first kappa shape index (κ1) is 35.2. The first-order chi connectivity index (χ1) is 24.2. The lowest BCUT2D eigenvalue weighted by Crippen LogP contribution is -2.58. The topological polar surface area (TPSA) is 122 Å². The van der Waals surface area contributed by atoms with Crippen LogP contribution >= 0.6 is 0 Å². The van der Waals surface area contributed by atoms with Crippen molar-refractivity contribution in [3.63, 3.8) is 0 Å². The van der Waals surface area contributed by atoms with E-state index in [-0.39, 0.29) is 23.1 Å². The number of aromatic nitrogens is 3. The fourth-order valence-electron chi connectivity index (χ4n) is 7.10. The second-order valence-corrected chi connectivity index (χ2v) is 13.8. The van der Waals surface area contributed by atoms with Crippen molar-refractivity contribution in [3.8, 4) is 17.0 Å². The van der Waals surface area contributed by atoms with Crippen LogP contribution in [-0.4, -0.2) is 90.6 Å². The largest absolute Gasteiger partial charge is 0.494 e. The number of hydrogen-bond donors (Lipinski definition) is 4. The predicted molar refractivity (Wildman–Crippen MR) is 188 cm³/mol. The molecular weight excluding hydrogens is 642 g/mol. The Morgan fingerprint density at radius 3 is 2.54 bits per heavy atom. The molecule has 11 nitrogen and oxygen atoms in total. The first-order valence-electron chi connectivity index (χ1n) is 17.5. The average molecular weight is 690 g/mol. The molecule has 50 heavy (non-hydrogen) atoms. The quantitative estimate of drug-likeness (QED) is 0.112. The number of imidazole rings is 1. The van der Waals surface area contributed by atoms with E-state index in [0.717, 1.165) is 55.0 Å². The van der Waals surface area contributed by atoms with Crippen molar-refractivity contribution in [1.29, 1.82) is 0 Å². The molecule has 266 valence electrons. The van der Waals surface area contributed by atoms with E-state index in [2.05, 4.69) is 38.3 Å². The van der Waals surface area contributed by atoms with Crippen molar-refractivity contribution in [2.24, 2.45) is 11.8 Å². The molecule has 0 saturated carbocycles. The molecule has 2 aromatic carbocycles. The van der Waals surface area contributed by atoms with Gasteiger partial charge in [-0.2, -0.15) is 4.39 Å². The standard InChI is InChI=1S/C37H46F2N8O3/c1-4-26-19-27(45-35-36-44-22-30(46(36)15-14-42-35)29-8-9-31(50-3)34(39)33(29)38)6-7-28(26)37(49)43-13-5-12-41-32(48)18-24-10-16-47(2,17-11-24)23-25-20-40-21-25/h6-9,14-15,19,22,24-25,40H,4-5,10-13,16-18,20-21,23H2,1-3H3,(H2-,41,42,43,45,48,49)/p+1. The molecule has 2 amide bonds. The summed E-state index contributed by atoms with van der Waals surface area (Å²) in [5, 5.41) is 12.6. The molecule has 0 atom stereocenters. The van der Waals surface area contributed by atoms with Crippen LogP contribution in [0.5, 0.6) is 5.75 Å². The molecule has 6 rings (SSSR count). The molecule has 0 aliphatic carbocycles. The number of aryl methyl sites for hydroxylation is 1. The van der Waals surface area contributed by atoms with Gasteiger partial charge in [-0.05, 0) is 54.7 Å². The minimum absolute atomic E-state index is 0.0398. The van der Waals surface area contributed by atoms with Crippen LogP contribution in [0.3, 0.4) is 0 Å². The molecule has 2 aromatic heterocycles. The normalized spacial score (nSPS) is 19.2. The summed E-state index contributed by atoms with van der Waals surface area (Å²) in [5.41, 5.74) is 2.93. The number of carbonyl (C=O) groups is 2. The number of carbonyl (C=O) groups excluding carboxylic acids is 2. The van der Waals surface area contributed by atoms with Crippen molar-refractivity contribution in [2.75, 3.05) is 65.3 Å². The van der Waals surface area contributed by atoms with Crippen molar-refractivity contribution >= 4 is 29.0 Å². The number of nitrogens with zero attached hydrogens (tertiary/aromatic N) is 4. The number of methoxy groups -OCH3 is 1. The van der Waals surface area contributed by atoms with E-state index in [9.17, 15) is 18.4 Å². The Balaban J connectivity index is 0.984. The monoisotopic (exact) mass is 689 g/mol. The summed E-state index contributed by atoms with van der Waals surface area (Å²) in [6.07, 6.45) is 8.66. The maximum atomic E-state index is 14.9. The molecule has 2 fully saturated rings. The number of halogens is 2. The van der Waals surface area contributed by atoms with E-state index in [0.29, 0.717) is 66.7 Å². The highest BCUT2D eigenvalue weighted by Gasteiger charge is 2.34. The molecule has 4 N–H and O–H groups in total. The van der Waals surface area contributed by atoms with Crippen molar-refractivity contribution < 1.29 is 27.6 Å². The number of ether oxygens (including phenoxy) is 1. The molecule has 0 radical (unpaired) electrons. The summed E-state index contributed by atoms with van der Waals surface area (Å²) in [4.78, 5) is 34.5. The Kier molecular flexibility index (Phi) is 10.9. The Labute approximate surface area is 291 Å². The van der Waals surface area contributed by atoms with E-state index in [4.69, 9.17) is 4.74 Å². The molecule has 2 aliphatic rings. The number of rotatable bonds is 14. The minimum Gasteiger partial charge on any atom is -0.494 e. The fourth-order valence-corrected chi connectivity index (χ4v) is 7.10. The predicted octanol–water partition coefficient (Wildman–Crippen LogP) is 4.69. The van der Waals surface area contributed by atoms with Crippen LogP contribution in [0.4, 0.5) is 20.3 Å². The maximum Gasteiger partial charge on any atom is 0.251 e. The van der Waals surface area contributed by atoms with E-state index in [1.807, 2.05) is 13.0 Å². The molecular formula is C37H47F2N8O3+. The van der Waals surface area contributed by atoms with Gasteiger partial charge in [0.15, 0.2) is 23.0 Å². The second-order valence-electron chi connectivity index (χ2n) is 13.8. The lowest BCUT2D eigenvalue weighted by molar-refractivity contribution is -0.918. The lowest BCUT2D eigenvalue weighted by atomic mass is 9.90. The Hall–Kier alpha value is -4.62. The molecule has 4 aromatic rings. The van der Waals surface area contributed by atoms with Crippen molar-refractivity contribution in [2.45, 2.75) is 39.0 Å². The van der Waals surface area contributed by atoms with E-state index < -0.39 is 11.6 Å². The highest BCUT2D eigenvalue weighted by Crippen LogP contribution is 2.32. The lowest BCUT2D eigenvalue weighted by Gasteiger charge is -2.44. The summed E-state index contributed by atoms with van der Waals surface area (Å²) in [7, 11) is 3.64. The molecule has 4 heterocycles. The Bertz CT molecular complexity index is 1830. The summed E-state index contributed by atoms with van der Waals surface area (Å²) < 4.78 is 37.0. The van der Waals surface area contributed by atoms with Crippen LogP contribution in [0.1, 0.15) is 48.5 Å². The Morgan fingerprint density at radius 1 is 1.04 bits per heavy atom. The Morgan fingerprint density at radius 2 is 1.82 bits per heavy atom. The van der Waals surface area contributed by atoms with Crippen LogP contribution in [0, 0.1) is 23.5 Å². The van der Waals surface area contributed by atoms with Crippen molar-refractivity contribution in [1.82, 2.24) is 30.3 Å². The number of anilines is 2. The van der Waals surface area contributed by atoms with Gasteiger partial charge in [0, 0.05) is 80.6 Å². The van der Waals surface area contributed by atoms with E-state index in [1.54, 1.807) is 28.9 Å². The highest BCUT2D eigenvalue weighted by atomic mass is 19.2. The third-order valence-corrected chi connectivity index (χ3v) is 10.1. The summed E-state index contributed by atoms with van der Waals surface area (Å²) >= 11 is 0. The summed E-state index contributed by atoms with van der Waals surface area (Å²) in [6.45, 7) is 8.75. The van der Waals surface area contributed by atoms with E-state index >= 15 is 0 Å². The summed E-state index contributed by atoms with van der Waals surface area (Å²) in [5.74, 6) is -0.705. The van der Waals surface area contributed by atoms with Gasteiger partial charge in [0.1, 0.15) is 0 Å². The second kappa shape index (κ2) is 15.5. The van der Waals surface area contributed by atoms with Gasteiger partial charge >= 0.3 is 0 Å². The van der Waals surface area contributed by atoms with Crippen molar-refractivity contribution in [3.05, 3.63) is 71.7 Å². The van der Waals surface area contributed by atoms with E-state index in [1.165, 1.54) is 32.0 Å². The number of benzene rings is 2.